The molecule has 0 aromatic heterocycles. The van der Waals surface area contributed by atoms with Gasteiger partial charge in [0.15, 0.2) is 6.61 Å². The number of carbonyl (C=O) groups excluding carboxylic acids is 1. The number of nitrogens with one attached hydrogen (secondary N) is 1. The standard InChI is InChI=1S/C16H15N3O4/c1-12-5-7-14(8-6-12)18-16(20)11-23-17-10-13-3-2-4-15(9-13)19(21)22/h2-10H,11H2,1H3,(H,18,20)/b17-10-. The molecule has 0 aliphatic carbocycles. The first kappa shape index (κ1) is 16.2. The van der Waals surface area contributed by atoms with Gasteiger partial charge in [-0.1, -0.05) is 35.0 Å². The summed E-state index contributed by atoms with van der Waals surface area (Å²) in [5.41, 5.74) is 2.25. The van der Waals surface area contributed by atoms with Gasteiger partial charge >= 0.3 is 0 Å². The van der Waals surface area contributed by atoms with E-state index in [4.69, 9.17) is 4.84 Å². The number of benzene rings is 2. The Labute approximate surface area is 132 Å². The van der Waals surface area contributed by atoms with E-state index in [0.717, 1.165) is 5.56 Å². The van der Waals surface area contributed by atoms with Gasteiger partial charge in [0, 0.05) is 23.4 Å². The van der Waals surface area contributed by atoms with Crippen molar-refractivity contribution in [1.29, 1.82) is 0 Å². The van der Waals surface area contributed by atoms with Gasteiger partial charge in [0.2, 0.25) is 0 Å². The molecular formula is C16H15N3O4. The Morgan fingerprint density at radius 3 is 2.74 bits per heavy atom. The number of hydrogen-bond acceptors (Lipinski definition) is 5. The summed E-state index contributed by atoms with van der Waals surface area (Å²) >= 11 is 0. The minimum absolute atomic E-state index is 0.0361. The molecule has 0 atom stereocenters. The second-order valence-corrected chi connectivity index (χ2v) is 4.77. The van der Waals surface area contributed by atoms with Crippen LogP contribution in [0.2, 0.25) is 0 Å². The first-order valence-corrected chi connectivity index (χ1v) is 6.81. The minimum Gasteiger partial charge on any atom is -0.386 e. The Balaban J connectivity index is 1.82. The molecule has 0 bridgehead atoms. The zero-order valence-electron chi connectivity index (χ0n) is 12.4. The van der Waals surface area contributed by atoms with E-state index in [-0.39, 0.29) is 18.2 Å². The molecule has 0 spiro atoms. The van der Waals surface area contributed by atoms with Crippen LogP contribution in [0.3, 0.4) is 0 Å². The third-order valence-corrected chi connectivity index (χ3v) is 2.89. The highest BCUT2D eigenvalue weighted by Gasteiger charge is 2.04. The van der Waals surface area contributed by atoms with Gasteiger partial charge in [0.05, 0.1) is 11.1 Å². The molecule has 0 aliphatic rings. The van der Waals surface area contributed by atoms with Crippen LogP contribution in [-0.4, -0.2) is 23.7 Å². The topological polar surface area (TPSA) is 93.8 Å². The zero-order chi connectivity index (χ0) is 16.7. The van der Waals surface area contributed by atoms with Gasteiger partial charge in [-0.3, -0.25) is 14.9 Å². The molecule has 0 unspecified atom stereocenters. The van der Waals surface area contributed by atoms with E-state index in [1.165, 1.54) is 18.3 Å². The fraction of sp³-hybridized carbons (Fsp3) is 0.125. The molecule has 2 aromatic carbocycles. The van der Waals surface area contributed by atoms with Crippen molar-refractivity contribution in [2.24, 2.45) is 5.16 Å². The van der Waals surface area contributed by atoms with E-state index in [1.54, 1.807) is 24.3 Å². The predicted octanol–water partition coefficient (Wildman–Crippen LogP) is 2.89. The second-order valence-electron chi connectivity index (χ2n) is 4.77. The average Bonchev–Trinajstić information content (AvgIpc) is 2.54. The summed E-state index contributed by atoms with van der Waals surface area (Å²) < 4.78 is 0. The molecule has 0 radical (unpaired) electrons. The maximum Gasteiger partial charge on any atom is 0.270 e. The van der Waals surface area contributed by atoms with Crippen molar-refractivity contribution >= 4 is 23.5 Å². The van der Waals surface area contributed by atoms with Crippen molar-refractivity contribution in [2.45, 2.75) is 6.92 Å². The summed E-state index contributed by atoms with van der Waals surface area (Å²) in [6, 6.07) is 13.3. The molecule has 0 fully saturated rings. The lowest BCUT2D eigenvalue weighted by Gasteiger charge is -2.04. The van der Waals surface area contributed by atoms with E-state index in [2.05, 4.69) is 10.5 Å². The maximum absolute atomic E-state index is 11.7. The lowest BCUT2D eigenvalue weighted by molar-refractivity contribution is -0.384. The van der Waals surface area contributed by atoms with Gasteiger partial charge in [0.25, 0.3) is 11.6 Å². The molecule has 0 aliphatic heterocycles. The van der Waals surface area contributed by atoms with Crippen molar-refractivity contribution in [3.8, 4) is 0 Å². The number of carbonyl (C=O) groups is 1. The van der Waals surface area contributed by atoms with Gasteiger partial charge in [-0.25, -0.2) is 0 Å². The SMILES string of the molecule is Cc1ccc(NC(=O)CO/N=C\c2cccc([N+](=O)[O-])c2)cc1. The van der Waals surface area contributed by atoms with Crippen LogP contribution in [-0.2, 0) is 9.63 Å². The van der Waals surface area contributed by atoms with Gasteiger partial charge in [0.1, 0.15) is 0 Å². The minimum atomic E-state index is -0.493. The molecule has 23 heavy (non-hydrogen) atoms. The number of hydrogen-bond donors (Lipinski definition) is 1. The Bertz CT molecular complexity index is 726. The van der Waals surface area contributed by atoms with Gasteiger partial charge in [-0.05, 0) is 19.1 Å². The molecule has 1 N–H and O–H groups in total. The molecule has 118 valence electrons. The summed E-state index contributed by atoms with van der Waals surface area (Å²) in [6.45, 7) is 1.71. The van der Waals surface area contributed by atoms with Crippen molar-refractivity contribution < 1.29 is 14.6 Å². The van der Waals surface area contributed by atoms with Gasteiger partial charge in [-0.15, -0.1) is 0 Å². The number of nitro benzene ring substituents is 1. The zero-order valence-corrected chi connectivity index (χ0v) is 12.4. The van der Waals surface area contributed by atoms with Crippen LogP contribution in [0.1, 0.15) is 11.1 Å². The first-order valence-electron chi connectivity index (χ1n) is 6.81. The smallest absolute Gasteiger partial charge is 0.270 e. The molecule has 2 rings (SSSR count). The van der Waals surface area contributed by atoms with Crippen LogP contribution in [0.4, 0.5) is 11.4 Å². The largest absolute Gasteiger partial charge is 0.386 e. The van der Waals surface area contributed by atoms with Crippen LogP contribution < -0.4 is 5.32 Å². The lowest BCUT2D eigenvalue weighted by Crippen LogP contribution is -2.16. The molecule has 0 heterocycles. The van der Waals surface area contributed by atoms with Crippen molar-refractivity contribution in [3.63, 3.8) is 0 Å². The summed E-state index contributed by atoms with van der Waals surface area (Å²) in [5, 5.41) is 16.9. The Morgan fingerprint density at radius 1 is 1.30 bits per heavy atom. The highest BCUT2D eigenvalue weighted by Crippen LogP contribution is 2.11. The molecular weight excluding hydrogens is 298 g/mol. The number of oxime groups is 1. The maximum atomic E-state index is 11.7. The normalized spacial score (nSPS) is 10.5. The van der Waals surface area contributed by atoms with Gasteiger partial charge in [-0.2, -0.15) is 0 Å². The molecule has 0 saturated heterocycles. The van der Waals surface area contributed by atoms with Crippen molar-refractivity contribution in [2.75, 3.05) is 11.9 Å². The molecule has 2 aromatic rings. The number of rotatable bonds is 6. The number of aryl methyl sites for hydroxylation is 1. The predicted molar refractivity (Wildman–Crippen MR) is 86.5 cm³/mol. The van der Waals surface area contributed by atoms with E-state index in [1.807, 2.05) is 19.1 Å². The highest BCUT2D eigenvalue weighted by atomic mass is 16.6. The number of non-ortho nitro benzene ring substituents is 1. The van der Waals surface area contributed by atoms with Crippen molar-refractivity contribution in [3.05, 3.63) is 69.8 Å². The first-order chi connectivity index (χ1) is 11.0. The van der Waals surface area contributed by atoms with E-state index < -0.39 is 4.92 Å². The molecule has 7 nitrogen and oxygen atoms in total. The third-order valence-electron chi connectivity index (χ3n) is 2.89. The van der Waals surface area contributed by atoms with Crippen LogP contribution in [0.15, 0.2) is 53.7 Å². The summed E-state index contributed by atoms with van der Waals surface area (Å²) in [6.07, 6.45) is 1.31. The lowest BCUT2D eigenvalue weighted by atomic mass is 10.2. The molecule has 1 amide bonds. The highest BCUT2D eigenvalue weighted by molar-refractivity contribution is 5.91. The van der Waals surface area contributed by atoms with Crippen LogP contribution >= 0.6 is 0 Å². The number of nitro groups is 1. The average molecular weight is 313 g/mol. The Kier molecular flexibility index (Phi) is 5.40. The number of anilines is 1. The van der Waals surface area contributed by atoms with E-state index in [9.17, 15) is 14.9 Å². The van der Waals surface area contributed by atoms with E-state index in [0.29, 0.717) is 11.3 Å². The van der Waals surface area contributed by atoms with Crippen molar-refractivity contribution in [1.82, 2.24) is 0 Å². The number of nitrogens with zero attached hydrogens (tertiary/aromatic N) is 2. The Morgan fingerprint density at radius 2 is 2.04 bits per heavy atom. The molecule has 0 saturated carbocycles. The number of amides is 1. The quantitative estimate of drug-likeness (QED) is 0.504. The molecule has 7 heteroatoms. The summed E-state index contributed by atoms with van der Waals surface area (Å²) in [7, 11) is 0. The van der Waals surface area contributed by atoms with Crippen LogP contribution in [0, 0.1) is 17.0 Å². The third kappa shape index (κ3) is 5.24. The fourth-order valence-electron chi connectivity index (χ4n) is 1.75. The summed E-state index contributed by atoms with van der Waals surface area (Å²) in [4.78, 5) is 26.7. The summed E-state index contributed by atoms with van der Waals surface area (Å²) in [5.74, 6) is -0.343. The van der Waals surface area contributed by atoms with Crippen LogP contribution in [0.25, 0.3) is 0 Å². The fourth-order valence-corrected chi connectivity index (χ4v) is 1.75. The van der Waals surface area contributed by atoms with Gasteiger partial charge < -0.3 is 10.2 Å². The second kappa shape index (κ2) is 7.69. The van der Waals surface area contributed by atoms with Crippen LogP contribution in [0.5, 0.6) is 0 Å². The monoisotopic (exact) mass is 313 g/mol. The van der Waals surface area contributed by atoms with E-state index >= 15 is 0 Å². The Hall–Kier alpha value is -3.22.